The van der Waals surface area contributed by atoms with Crippen molar-refractivity contribution in [1.29, 1.82) is 5.26 Å². The maximum atomic E-state index is 12.8. The summed E-state index contributed by atoms with van der Waals surface area (Å²) in [4.78, 5) is 14.9. The Bertz CT molecular complexity index is 790. The van der Waals surface area contributed by atoms with Gasteiger partial charge in [-0.05, 0) is 55.9 Å². The Morgan fingerprint density at radius 3 is 2.35 bits per heavy atom. The lowest BCUT2D eigenvalue weighted by atomic mass is 9.93. The van der Waals surface area contributed by atoms with E-state index < -0.39 is 10.0 Å². The molecule has 6 nitrogen and oxygen atoms in total. The lowest BCUT2D eigenvalue weighted by Gasteiger charge is -2.36. The molecule has 3 rings (SSSR count). The summed E-state index contributed by atoms with van der Waals surface area (Å²) >= 11 is 0. The molecular formula is C19H25N3O3S. The van der Waals surface area contributed by atoms with Gasteiger partial charge in [0.05, 0.1) is 16.5 Å². The number of amides is 1. The van der Waals surface area contributed by atoms with Crippen LogP contribution in [-0.2, 0) is 14.8 Å². The molecule has 7 heteroatoms. The topological polar surface area (TPSA) is 81.5 Å². The summed E-state index contributed by atoms with van der Waals surface area (Å²) < 4.78 is 27.0. The van der Waals surface area contributed by atoms with E-state index in [4.69, 9.17) is 5.26 Å². The fourth-order valence-corrected chi connectivity index (χ4v) is 5.31. The second-order valence-electron chi connectivity index (χ2n) is 7.35. The van der Waals surface area contributed by atoms with Gasteiger partial charge in [0.1, 0.15) is 0 Å². The Morgan fingerprint density at radius 2 is 1.77 bits per heavy atom. The molecule has 0 aromatic heterocycles. The number of hydrogen-bond donors (Lipinski definition) is 0. The number of piperidine rings is 2. The number of sulfonamides is 1. The molecule has 1 atom stereocenters. The first-order chi connectivity index (χ1) is 12.4. The summed E-state index contributed by atoms with van der Waals surface area (Å²) in [5.74, 6) is 0.657. The van der Waals surface area contributed by atoms with E-state index in [2.05, 4.69) is 6.92 Å². The van der Waals surface area contributed by atoms with Crippen LogP contribution in [0.1, 0.15) is 38.2 Å². The average Bonchev–Trinajstić information content (AvgIpc) is 2.67. The highest BCUT2D eigenvalue weighted by Crippen LogP contribution is 2.27. The van der Waals surface area contributed by atoms with Crippen molar-refractivity contribution in [2.45, 2.75) is 37.5 Å². The quantitative estimate of drug-likeness (QED) is 0.811. The van der Waals surface area contributed by atoms with Crippen LogP contribution in [-0.4, -0.2) is 49.7 Å². The van der Waals surface area contributed by atoms with Crippen LogP contribution in [0.25, 0.3) is 0 Å². The molecule has 2 saturated heterocycles. The summed E-state index contributed by atoms with van der Waals surface area (Å²) in [7, 11) is -3.57. The van der Waals surface area contributed by atoms with Crippen LogP contribution in [0.5, 0.6) is 0 Å². The Hall–Kier alpha value is -1.91. The van der Waals surface area contributed by atoms with Crippen molar-refractivity contribution in [3.63, 3.8) is 0 Å². The van der Waals surface area contributed by atoms with Crippen molar-refractivity contribution in [3.05, 3.63) is 29.8 Å². The van der Waals surface area contributed by atoms with E-state index in [1.807, 2.05) is 11.0 Å². The third-order valence-electron chi connectivity index (χ3n) is 5.39. The minimum absolute atomic E-state index is 0.0762. The van der Waals surface area contributed by atoms with Gasteiger partial charge in [0.2, 0.25) is 15.9 Å². The first-order valence-corrected chi connectivity index (χ1v) is 10.6. The summed E-state index contributed by atoms with van der Waals surface area (Å²) in [6.07, 6.45) is 3.36. The van der Waals surface area contributed by atoms with Gasteiger partial charge in [-0.3, -0.25) is 4.79 Å². The number of benzene rings is 1. The van der Waals surface area contributed by atoms with Crippen LogP contribution in [0, 0.1) is 23.2 Å². The van der Waals surface area contributed by atoms with Gasteiger partial charge < -0.3 is 4.90 Å². The molecule has 0 radical (unpaired) electrons. The summed E-state index contributed by atoms with van der Waals surface area (Å²) in [6, 6.07) is 7.96. The van der Waals surface area contributed by atoms with Gasteiger partial charge in [-0.25, -0.2) is 8.42 Å². The molecule has 1 aromatic carbocycles. The Labute approximate surface area is 155 Å². The monoisotopic (exact) mass is 375 g/mol. The summed E-state index contributed by atoms with van der Waals surface area (Å²) in [5, 5.41) is 8.84. The average molecular weight is 375 g/mol. The molecule has 140 valence electrons. The zero-order chi connectivity index (χ0) is 18.7. The second-order valence-corrected chi connectivity index (χ2v) is 9.28. The number of rotatable bonds is 3. The van der Waals surface area contributed by atoms with Crippen LogP contribution in [0.15, 0.2) is 29.2 Å². The predicted molar refractivity (Wildman–Crippen MR) is 97.6 cm³/mol. The lowest BCUT2D eigenvalue weighted by Crippen LogP contribution is -2.46. The van der Waals surface area contributed by atoms with Gasteiger partial charge in [-0.15, -0.1) is 0 Å². The minimum atomic E-state index is -3.57. The maximum Gasteiger partial charge on any atom is 0.243 e. The Kier molecular flexibility index (Phi) is 5.64. The zero-order valence-corrected chi connectivity index (χ0v) is 15.9. The molecule has 1 amide bonds. The second kappa shape index (κ2) is 7.77. The van der Waals surface area contributed by atoms with Gasteiger partial charge in [-0.2, -0.15) is 9.57 Å². The molecule has 1 unspecified atom stereocenters. The molecule has 2 aliphatic heterocycles. The number of nitriles is 1. The minimum Gasteiger partial charge on any atom is -0.342 e. The van der Waals surface area contributed by atoms with E-state index >= 15 is 0 Å². The van der Waals surface area contributed by atoms with Crippen molar-refractivity contribution in [2.24, 2.45) is 11.8 Å². The predicted octanol–water partition coefficient (Wildman–Crippen LogP) is 2.22. The van der Waals surface area contributed by atoms with Crippen LogP contribution in [0.3, 0.4) is 0 Å². The van der Waals surface area contributed by atoms with Gasteiger partial charge in [-0.1, -0.05) is 6.92 Å². The largest absolute Gasteiger partial charge is 0.342 e. The van der Waals surface area contributed by atoms with Crippen molar-refractivity contribution in [2.75, 3.05) is 26.2 Å². The lowest BCUT2D eigenvalue weighted by molar-refractivity contribution is -0.138. The van der Waals surface area contributed by atoms with Crippen LogP contribution in [0.4, 0.5) is 0 Å². The zero-order valence-electron chi connectivity index (χ0n) is 15.1. The standard InChI is InChI=1S/C19H25N3O3S/c1-15-3-2-10-21(14-15)19(23)17-8-11-22(12-9-17)26(24,25)18-6-4-16(13-20)5-7-18/h4-7,15,17H,2-3,8-12,14H2,1H3. The van der Waals surface area contributed by atoms with E-state index in [9.17, 15) is 13.2 Å². The molecule has 0 N–H and O–H groups in total. The number of nitrogens with zero attached hydrogens (tertiary/aromatic N) is 3. The fourth-order valence-electron chi connectivity index (χ4n) is 3.84. The van der Waals surface area contributed by atoms with Crippen LogP contribution < -0.4 is 0 Å². The first kappa shape index (κ1) is 18.9. The number of carbonyl (C=O) groups excluding carboxylic acids is 1. The normalized spacial score (nSPS) is 22.8. The molecule has 1 aromatic rings. The highest BCUT2D eigenvalue weighted by molar-refractivity contribution is 7.89. The van der Waals surface area contributed by atoms with Gasteiger partial charge in [0, 0.05) is 32.1 Å². The molecule has 0 saturated carbocycles. The Balaban J connectivity index is 1.62. The van der Waals surface area contributed by atoms with E-state index in [0.29, 0.717) is 37.4 Å². The van der Waals surface area contributed by atoms with E-state index in [-0.39, 0.29) is 16.7 Å². The van der Waals surface area contributed by atoms with E-state index in [0.717, 1.165) is 19.5 Å². The van der Waals surface area contributed by atoms with Crippen molar-refractivity contribution in [3.8, 4) is 6.07 Å². The molecule has 26 heavy (non-hydrogen) atoms. The molecule has 2 heterocycles. The first-order valence-electron chi connectivity index (χ1n) is 9.21. The Morgan fingerprint density at radius 1 is 1.12 bits per heavy atom. The van der Waals surface area contributed by atoms with Gasteiger partial charge in [0.25, 0.3) is 0 Å². The van der Waals surface area contributed by atoms with E-state index in [1.165, 1.54) is 35.0 Å². The highest BCUT2D eigenvalue weighted by Gasteiger charge is 2.34. The SMILES string of the molecule is CC1CCCN(C(=O)C2CCN(S(=O)(=O)c3ccc(C#N)cc3)CC2)C1. The van der Waals surface area contributed by atoms with Crippen molar-refractivity contribution in [1.82, 2.24) is 9.21 Å². The van der Waals surface area contributed by atoms with Crippen LogP contribution >= 0.6 is 0 Å². The summed E-state index contributed by atoms with van der Waals surface area (Å²) in [6.45, 7) is 4.55. The molecule has 0 spiro atoms. The van der Waals surface area contributed by atoms with Crippen molar-refractivity contribution < 1.29 is 13.2 Å². The molecule has 2 aliphatic rings. The number of hydrogen-bond acceptors (Lipinski definition) is 4. The highest BCUT2D eigenvalue weighted by atomic mass is 32.2. The number of carbonyl (C=O) groups is 1. The maximum absolute atomic E-state index is 12.8. The molecule has 2 fully saturated rings. The summed E-state index contributed by atoms with van der Waals surface area (Å²) in [5.41, 5.74) is 0.434. The molecule has 0 bridgehead atoms. The van der Waals surface area contributed by atoms with Gasteiger partial charge >= 0.3 is 0 Å². The third kappa shape index (κ3) is 3.92. The van der Waals surface area contributed by atoms with Gasteiger partial charge in [0.15, 0.2) is 0 Å². The van der Waals surface area contributed by atoms with Crippen LogP contribution in [0.2, 0.25) is 0 Å². The molecular weight excluding hydrogens is 350 g/mol. The molecule has 0 aliphatic carbocycles. The third-order valence-corrected chi connectivity index (χ3v) is 7.31. The number of likely N-dealkylation sites (tertiary alicyclic amines) is 1. The van der Waals surface area contributed by atoms with E-state index in [1.54, 1.807) is 0 Å². The smallest absolute Gasteiger partial charge is 0.243 e. The van der Waals surface area contributed by atoms with Crippen molar-refractivity contribution >= 4 is 15.9 Å². The fraction of sp³-hybridized carbons (Fsp3) is 0.579.